The second kappa shape index (κ2) is 4.63. The molecule has 3 heterocycles. The van der Waals surface area contributed by atoms with E-state index in [1.807, 2.05) is 13.8 Å². The Balaban J connectivity index is 2.02. The number of aryl methyl sites for hydroxylation is 2. The van der Waals surface area contributed by atoms with E-state index in [0.29, 0.717) is 4.96 Å². The lowest BCUT2D eigenvalue weighted by molar-refractivity contribution is -0.383. The summed E-state index contributed by atoms with van der Waals surface area (Å²) in [6.07, 6.45) is 1.14. The molecule has 3 N–H and O–H groups in total. The van der Waals surface area contributed by atoms with Crippen molar-refractivity contribution >= 4 is 39.6 Å². The highest BCUT2D eigenvalue weighted by atomic mass is 32.1. The lowest BCUT2D eigenvalue weighted by atomic mass is 10.4. The molecule has 21 heavy (non-hydrogen) atoms. The number of nitrogen functional groups attached to an aromatic ring is 1. The van der Waals surface area contributed by atoms with Crippen molar-refractivity contribution in [3.8, 4) is 0 Å². The molecule has 3 aromatic heterocycles. The first-order valence-electron chi connectivity index (χ1n) is 5.82. The van der Waals surface area contributed by atoms with Crippen LogP contribution in [0.4, 0.5) is 23.3 Å². The van der Waals surface area contributed by atoms with Crippen molar-refractivity contribution in [1.29, 1.82) is 0 Å². The number of nitro groups is 1. The molecule has 0 aliphatic rings. The van der Waals surface area contributed by atoms with E-state index in [1.165, 1.54) is 11.3 Å². The van der Waals surface area contributed by atoms with Gasteiger partial charge in [-0.2, -0.15) is 4.98 Å². The van der Waals surface area contributed by atoms with Gasteiger partial charge in [-0.3, -0.25) is 10.1 Å². The zero-order valence-electron chi connectivity index (χ0n) is 11.1. The van der Waals surface area contributed by atoms with Crippen LogP contribution in [0, 0.1) is 24.0 Å². The summed E-state index contributed by atoms with van der Waals surface area (Å²) < 4.78 is 1.67. The topological polar surface area (TPSA) is 137 Å². The molecule has 0 aliphatic heterocycles. The maximum absolute atomic E-state index is 11.0. The van der Waals surface area contributed by atoms with Gasteiger partial charge in [0.1, 0.15) is 6.33 Å². The molecule has 0 saturated carbocycles. The molecule has 0 atom stereocenters. The van der Waals surface area contributed by atoms with Crippen molar-refractivity contribution in [3.05, 3.63) is 27.0 Å². The van der Waals surface area contributed by atoms with Crippen LogP contribution < -0.4 is 11.1 Å². The Morgan fingerprint density at radius 2 is 2.19 bits per heavy atom. The van der Waals surface area contributed by atoms with Gasteiger partial charge in [0.15, 0.2) is 0 Å². The summed E-state index contributed by atoms with van der Waals surface area (Å²) in [5.74, 6) is -0.0452. The molecule has 0 saturated heterocycles. The number of rotatable bonds is 3. The third-order valence-corrected chi connectivity index (χ3v) is 3.96. The van der Waals surface area contributed by atoms with Crippen LogP contribution in [-0.2, 0) is 0 Å². The second-order valence-corrected chi connectivity index (χ2v) is 5.39. The predicted octanol–water partition coefficient (Wildman–Crippen LogP) is 1.43. The number of nitrogens with two attached hydrogens (primary N) is 1. The first kappa shape index (κ1) is 13.2. The molecule has 108 valence electrons. The van der Waals surface area contributed by atoms with Crippen LogP contribution in [0.2, 0.25) is 0 Å². The number of nitrogens with one attached hydrogen (secondary N) is 1. The Bertz CT molecular complexity index is 854. The fourth-order valence-electron chi connectivity index (χ4n) is 1.76. The van der Waals surface area contributed by atoms with E-state index >= 15 is 0 Å². The summed E-state index contributed by atoms with van der Waals surface area (Å²) in [5, 5.41) is 18.0. The van der Waals surface area contributed by atoms with Gasteiger partial charge in [0.05, 0.1) is 10.6 Å². The first-order chi connectivity index (χ1) is 9.97. The van der Waals surface area contributed by atoms with Gasteiger partial charge >= 0.3 is 5.69 Å². The van der Waals surface area contributed by atoms with Crippen molar-refractivity contribution in [3.63, 3.8) is 0 Å². The Hall–Kier alpha value is -2.82. The molecule has 0 bridgehead atoms. The minimum Gasteiger partial charge on any atom is -0.378 e. The molecule has 11 heteroatoms. The van der Waals surface area contributed by atoms with E-state index < -0.39 is 10.6 Å². The molecule has 3 aromatic rings. The zero-order valence-corrected chi connectivity index (χ0v) is 11.9. The number of nitrogens with zero attached hydrogens (tertiary/aromatic N) is 6. The van der Waals surface area contributed by atoms with Gasteiger partial charge in [-0.05, 0) is 13.8 Å². The molecule has 3 rings (SSSR count). The number of anilines is 3. The summed E-state index contributed by atoms with van der Waals surface area (Å²) in [6, 6.07) is 0. The maximum Gasteiger partial charge on any atom is 0.353 e. The van der Waals surface area contributed by atoms with Crippen LogP contribution in [0.1, 0.15) is 10.6 Å². The molecule has 0 amide bonds. The highest BCUT2D eigenvalue weighted by Gasteiger charge is 2.22. The number of hydrogen-bond donors (Lipinski definition) is 2. The standard InChI is InChI=1S/C10H10N8O2S/c1-4-5(2)21-10-15-9(16-17(4)10)14-8-6(18(19)20)7(11)12-3-13-8/h3H,1-2H3,(H3,11,12,13,14,16). The summed E-state index contributed by atoms with van der Waals surface area (Å²) in [5.41, 5.74) is 6.06. The van der Waals surface area contributed by atoms with E-state index in [9.17, 15) is 10.1 Å². The first-order valence-corrected chi connectivity index (χ1v) is 6.63. The van der Waals surface area contributed by atoms with Crippen LogP contribution in [0.25, 0.3) is 4.96 Å². The van der Waals surface area contributed by atoms with E-state index in [1.54, 1.807) is 4.52 Å². The van der Waals surface area contributed by atoms with Crippen molar-refractivity contribution in [2.45, 2.75) is 13.8 Å². The number of thiazole rings is 1. The number of fused-ring (bicyclic) bond motifs is 1. The van der Waals surface area contributed by atoms with Crippen molar-refractivity contribution in [1.82, 2.24) is 24.6 Å². The quantitative estimate of drug-likeness (QED) is 0.547. The molecular formula is C10H10N8O2S. The highest BCUT2D eigenvalue weighted by Crippen LogP contribution is 2.29. The lowest BCUT2D eigenvalue weighted by Gasteiger charge is -2.02. The van der Waals surface area contributed by atoms with Crippen LogP contribution in [-0.4, -0.2) is 29.5 Å². The minimum absolute atomic E-state index is 0.0415. The number of aromatic nitrogens is 5. The molecule has 0 radical (unpaired) electrons. The third-order valence-electron chi connectivity index (χ3n) is 2.91. The SMILES string of the molecule is Cc1sc2nc(Nc3ncnc(N)c3[N+](=O)[O-])nn2c1C. The Labute approximate surface area is 121 Å². The summed E-state index contributed by atoms with van der Waals surface area (Å²) in [4.78, 5) is 23.8. The van der Waals surface area contributed by atoms with Gasteiger partial charge in [0, 0.05) is 4.88 Å². The second-order valence-electron chi connectivity index (χ2n) is 4.21. The van der Waals surface area contributed by atoms with Crippen LogP contribution in [0.5, 0.6) is 0 Å². The van der Waals surface area contributed by atoms with Gasteiger partial charge in [-0.1, -0.05) is 11.3 Å². The lowest BCUT2D eigenvalue weighted by Crippen LogP contribution is -2.05. The normalized spacial score (nSPS) is 11.0. The molecule has 0 aromatic carbocycles. The van der Waals surface area contributed by atoms with Crippen molar-refractivity contribution in [2.24, 2.45) is 0 Å². The molecule has 0 aliphatic carbocycles. The average molecular weight is 306 g/mol. The molecular weight excluding hydrogens is 296 g/mol. The van der Waals surface area contributed by atoms with Gasteiger partial charge in [0.2, 0.25) is 22.5 Å². The van der Waals surface area contributed by atoms with Crippen LogP contribution >= 0.6 is 11.3 Å². The smallest absolute Gasteiger partial charge is 0.353 e. The monoisotopic (exact) mass is 306 g/mol. The highest BCUT2D eigenvalue weighted by molar-refractivity contribution is 7.17. The zero-order chi connectivity index (χ0) is 15.1. The molecule has 0 spiro atoms. The van der Waals surface area contributed by atoms with Crippen molar-refractivity contribution in [2.75, 3.05) is 11.1 Å². The predicted molar refractivity (Wildman–Crippen MR) is 76.7 cm³/mol. The van der Waals surface area contributed by atoms with Crippen LogP contribution in [0.3, 0.4) is 0 Å². The maximum atomic E-state index is 11.0. The van der Waals surface area contributed by atoms with Crippen LogP contribution in [0.15, 0.2) is 6.33 Å². The van der Waals surface area contributed by atoms with Gasteiger partial charge in [-0.15, -0.1) is 5.10 Å². The molecule has 0 fully saturated rings. The summed E-state index contributed by atoms with van der Waals surface area (Å²) in [6.45, 7) is 3.89. The minimum atomic E-state index is -0.647. The summed E-state index contributed by atoms with van der Waals surface area (Å²) >= 11 is 1.48. The van der Waals surface area contributed by atoms with E-state index in [2.05, 4.69) is 25.4 Å². The Morgan fingerprint density at radius 3 is 2.86 bits per heavy atom. The molecule has 10 nitrogen and oxygen atoms in total. The fraction of sp³-hybridized carbons (Fsp3) is 0.200. The third kappa shape index (κ3) is 2.12. The van der Waals surface area contributed by atoms with Gasteiger partial charge in [0.25, 0.3) is 0 Å². The van der Waals surface area contributed by atoms with E-state index in [4.69, 9.17) is 5.73 Å². The van der Waals surface area contributed by atoms with Crippen molar-refractivity contribution < 1.29 is 4.92 Å². The van der Waals surface area contributed by atoms with Gasteiger partial charge < -0.3 is 11.1 Å². The van der Waals surface area contributed by atoms with Gasteiger partial charge in [-0.25, -0.2) is 14.5 Å². The fourth-order valence-corrected chi connectivity index (χ4v) is 2.67. The Morgan fingerprint density at radius 1 is 1.43 bits per heavy atom. The Kier molecular flexibility index (Phi) is 2.90. The summed E-state index contributed by atoms with van der Waals surface area (Å²) in [7, 11) is 0. The molecule has 0 unspecified atom stereocenters. The van der Waals surface area contributed by atoms with E-state index in [0.717, 1.165) is 16.9 Å². The largest absolute Gasteiger partial charge is 0.378 e. The number of hydrogen-bond acceptors (Lipinski definition) is 9. The van der Waals surface area contributed by atoms with E-state index in [-0.39, 0.29) is 17.6 Å². The average Bonchev–Trinajstić information content (AvgIpc) is 2.90.